The Balaban J connectivity index is 2.30. The molecular weight excluding hydrogens is 222 g/mol. The van der Waals surface area contributed by atoms with Gasteiger partial charge < -0.3 is 4.84 Å². The zero-order valence-corrected chi connectivity index (χ0v) is 10.6. The zero-order chi connectivity index (χ0) is 13.1. The van der Waals surface area contributed by atoms with E-state index in [9.17, 15) is 14.4 Å². The summed E-state index contributed by atoms with van der Waals surface area (Å²) in [4.78, 5) is 38.5. The third-order valence-corrected chi connectivity index (χ3v) is 2.51. The smallest absolute Gasteiger partial charge is 0.330 e. The van der Waals surface area contributed by atoms with Crippen LogP contribution in [0.15, 0.2) is 0 Å². The van der Waals surface area contributed by atoms with E-state index in [1.54, 1.807) is 0 Å². The molecule has 0 bridgehead atoms. The van der Waals surface area contributed by atoms with Crippen LogP contribution in [0.5, 0.6) is 0 Å². The molecule has 17 heavy (non-hydrogen) atoms. The van der Waals surface area contributed by atoms with E-state index in [0.29, 0.717) is 11.5 Å². The van der Waals surface area contributed by atoms with Crippen LogP contribution in [0.1, 0.15) is 52.9 Å². The number of hydrogen-bond acceptors (Lipinski definition) is 4. The Hall–Kier alpha value is -1.39. The monoisotopic (exact) mass is 241 g/mol. The molecule has 0 aromatic heterocycles. The van der Waals surface area contributed by atoms with Gasteiger partial charge in [0.2, 0.25) is 0 Å². The minimum absolute atomic E-state index is 0.133. The first-order chi connectivity index (χ1) is 7.79. The molecule has 0 aromatic carbocycles. The number of rotatable bonds is 4. The first-order valence-electron chi connectivity index (χ1n) is 5.86. The summed E-state index contributed by atoms with van der Waals surface area (Å²) >= 11 is 0. The number of carbonyl (C=O) groups is 3. The third kappa shape index (κ3) is 4.54. The molecule has 0 radical (unpaired) electrons. The molecule has 0 unspecified atom stereocenters. The van der Waals surface area contributed by atoms with Gasteiger partial charge in [0, 0.05) is 19.3 Å². The number of amides is 2. The Morgan fingerprint density at radius 2 is 1.76 bits per heavy atom. The van der Waals surface area contributed by atoms with Crippen molar-refractivity contribution in [2.45, 2.75) is 52.9 Å². The van der Waals surface area contributed by atoms with Gasteiger partial charge in [-0.25, -0.2) is 4.79 Å². The molecule has 1 saturated heterocycles. The first kappa shape index (κ1) is 13.7. The lowest BCUT2D eigenvalue weighted by atomic mass is 9.90. The number of imide groups is 1. The predicted molar refractivity (Wildman–Crippen MR) is 60.5 cm³/mol. The fraction of sp³-hybridized carbons (Fsp3) is 0.750. The highest BCUT2D eigenvalue weighted by Crippen LogP contribution is 2.22. The van der Waals surface area contributed by atoms with Crippen molar-refractivity contribution in [1.82, 2.24) is 5.06 Å². The van der Waals surface area contributed by atoms with E-state index in [1.165, 1.54) is 0 Å². The van der Waals surface area contributed by atoms with E-state index in [2.05, 4.69) is 20.8 Å². The number of nitrogens with zero attached hydrogens (tertiary/aromatic N) is 1. The Kier molecular flexibility index (Phi) is 4.26. The summed E-state index contributed by atoms with van der Waals surface area (Å²) in [6, 6.07) is 0. The summed E-state index contributed by atoms with van der Waals surface area (Å²) in [5, 5.41) is 0.597. The van der Waals surface area contributed by atoms with Gasteiger partial charge in [-0.05, 0) is 18.3 Å². The molecule has 5 nitrogen and oxygen atoms in total. The molecule has 0 spiro atoms. The van der Waals surface area contributed by atoms with Crippen LogP contribution in [0.4, 0.5) is 0 Å². The molecule has 2 amide bonds. The van der Waals surface area contributed by atoms with Gasteiger partial charge in [-0.3, -0.25) is 9.59 Å². The summed E-state index contributed by atoms with van der Waals surface area (Å²) in [5.41, 5.74) is 0.166. The molecule has 0 atom stereocenters. The van der Waals surface area contributed by atoms with Crippen LogP contribution >= 0.6 is 0 Å². The van der Waals surface area contributed by atoms with Crippen molar-refractivity contribution < 1.29 is 19.2 Å². The quantitative estimate of drug-likeness (QED) is 0.704. The van der Waals surface area contributed by atoms with Crippen molar-refractivity contribution in [2.75, 3.05) is 0 Å². The lowest BCUT2D eigenvalue weighted by Gasteiger charge is -2.17. The molecule has 1 aliphatic rings. The molecule has 0 saturated carbocycles. The third-order valence-electron chi connectivity index (χ3n) is 2.51. The molecule has 96 valence electrons. The second-order valence-corrected chi connectivity index (χ2v) is 5.46. The average Bonchev–Trinajstić information content (AvgIpc) is 2.47. The lowest BCUT2D eigenvalue weighted by Crippen LogP contribution is -2.32. The molecule has 0 aliphatic carbocycles. The molecule has 1 fully saturated rings. The van der Waals surface area contributed by atoms with Crippen LogP contribution in [0.25, 0.3) is 0 Å². The highest BCUT2D eigenvalue weighted by atomic mass is 16.7. The molecule has 5 heteroatoms. The fourth-order valence-electron chi connectivity index (χ4n) is 1.57. The topological polar surface area (TPSA) is 63.7 Å². The van der Waals surface area contributed by atoms with Crippen LogP contribution in [0.2, 0.25) is 0 Å². The van der Waals surface area contributed by atoms with Gasteiger partial charge in [-0.15, -0.1) is 5.06 Å². The van der Waals surface area contributed by atoms with E-state index in [4.69, 9.17) is 4.84 Å². The van der Waals surface area contributed by atoms with E-state index in [-0.39, 0.29) is 24.7 Å². The minimum atomic E-state index is -0.516. The van der Waals surface area contributed by atoms with Crippen molar-refractivity contribution in [3.63, 3.8) is 0 Å². The van der Waals surface area contributed by atoms with Gasteiger partial charge in [-0.1, -0.05) is 20.8 Å². The Morgan fingerprint density at radius 1 is 1.24 bits per heavy atom. The second-order valence-electron chi connectivity index (χ2n) is 5.46. The molecular formula is C12H19NO4. The highest BCUT2D eigenvalue weighted by molar-refractivity contribution is 6.01. The number of hydroxylamine groups is 2. The van der Waals surface area contributed by atoms with Crippen molar-refractivity contribution in [1.29, 1.82) is 0 Å². The first-order valence-corrected chi connectivity index (χ1v) is 5.86. The minimum Gasteiger partial charge on any atom is -0.330 e. The molecule has 1 rings (SSSR count). The van der Waals surface area contributed by atoms with Crippen LogP contribution < -0.4 is 0 Å². The van der Waals surface area contributed by atoms with Crippen LogP contribution in [-0.2, 0) is 19.2 Å². The normalized spacial score (nSPS) is 16.5. The Morgan fingerprint density at radius 3 is 2.24 bits per heavy atom. The Bertz CT molecular complexity index is 314. The van der Waals surface area contributed by atoms with E-state index in [0.717, 1.165) is 6.42 Å². The summed E-state index contributed by atoms with van der Waals surface area (Å²) in [6.07, 6.45) is 2.08. The summed E-state index contributed by atoms with van der Waals surface area (Å²) in [5.74, 6) is -1.38. The van der Waals surface area contributed by atoms with Crippen molar-refractivity contribution in [3.8, 4) is 0 Å². The molecule has 1 aliphatic heterocycles. The van der Waals surface area contributed by atoms with Gasteiger partial charge in [0.25, 0.3) is 11.8 Å². The van der Waals surface area contributed by atoms with Gasteiger partial charge >= 0.3 is 5.97 Å². The summed E-state index contributed by atoms with van der Waals surface area (Å²) in [6.45, 7) is 6.27. The van der Waals surface area contributed by atoms with Crippen molar-refractivity contribution >= 4 is 17.8 Å². The van der Waals surface area contributed by atoms with Gasteiger partial charge in [0.1, 0.15) is 0 Å². The predicted octanol–water partition coefficient (Wildman–Crippen LogP) is 1.81. The van der Waals surface area contributed by atoms with Gasteiger partial charge in [0.05, 0.1) is 0 Å². The highest BCUT2D eigenvalue weighted by Gasteiger charge is 2.32. The van der Waals surface area contributed by atoms with Gasteiger partial charge in [-0.2, -0.15) is 0 Å². The number of carbonyl (C=O) groups excluding carboxylic acids is 3. The van der Waals surface area contributed by atoms with Crippen LogP contribution in [-0.4, -0.2) is 22.8 Å². The second kappa shape index (κ2) is 5.29. The largest absolute Gasteiger partial charge is 0.333 e. The van der Waals surface area contributed by atoms with Gasteiger partial charge in [0.15, 0.2) is 0 Å². The maximum Gasteiger partial charge on any atom is 0.333 e. The number of hydrogen-bond donors (Lipinski definition) is 0. The van der Waals surface area contributed by atoms with E-state index >= 15 is 0 Å². The van der Waals surface area contributed by atoms with E-state index < -0.39 is 17.8 Å². The average molecular weight is 241 g/mol. The van der Waals surface area contributed by atoms with Crippen molar-refractivity contribution in [3.05, 3.63) is 0 Å². The lowest BCUT2D eigenvalue weighted by molar-refractivity contribution is -0.197. The van der Waals surface area contributed by atoms with Crippen LogP contribution in [0.3, 0.4) is 0 Å². The summed E-state index contributed by atoms with van der Waals surface area (Å²) in [7, 11) is 0. The summed E-state index contributed by atoms with van der Waals surface area (Å²) < 4.78 is 0. The molecule has 0 N–H and O–H groups in total. The standard InChI is InChI=1S/C12H19NO4/c1-12(2,3)8-4-5-11(16)17-13-9(14)6-7-10(13)15/h4-8H2,1-3H3. The SMILES string of the molecule is CC(C)(C)CCCC(=O)ON1C(=O)CCC1=O. The zero-order valence-electron chi connectivity index (χ0n) is 10.6. The molecule has 0 aromatic rings. The fourth-order valence-corrected chi connectivity index (χ4v) is 1.57. The van der Waals surface area contributed by atoms with E-state index in [1.807, 2.05) is 0 Å². The Labute approximate surface area is 101 Å². The van der Waals surface area contributed by atoms with Crippen molar-refractivity contribution in [2.24, 2.45) is 5.41 Å². The maximum absolute atomic E-state index is 11.4. The maximum atomic E-state index is 11.4. The molecule has 1 heterocycles. The van der Waals surface area contributed by atoms with Crippen LogP contribution in [0, 0.1) is 5.41 Å².